The van der Waals surface area contributed by atoms with Gasteiger partial charge in [0.05, 0.1) is 29.4 Å². The van der Waals surface area contributed by atoms with Crippen molar-refractivity contribution in [2.45, 2.75) is 56.9 Å². The van der Waals surface area contributed by atoms with E-state index in [-0.39, 0.29) is 28.4 Å². The Bertz CT molecular complexity index is 715. The molecule has 1 aromatic carbocycles. The number of rotatable bonds is 4. The third-order valence-electron chi connectivity index (χ3n) is 4.61. The number of amides is 1. The summed E-state index contributed by atoms with van der Waals surface area (Å²) in [4.78, 5) is 14.5. The molecule has 140 valence electrons. The average molecular weight is 368 g/mol. The van der Waals surface area contributed by atoms with Crippen molar-refractivity contribution in [2.75, 3.05) is 25.5 Å². The van der Waals surface area contributed by atoms with Gasteiger partial charge in [0.1, 0.15) is 0 Å². The number of carbonyl (C=O) groups is 1. The number of hydrogen-bond donors (Lipinski definition) is 0. The van der Waals surface area contributed by atoms with Crippen molar-refractivity contribution in [3.05, 3.63) is 29.8 Å². The number of carbonyl (C=O) groups excluding carboxylic acids is 1. The van der Waals surface area contributed by atoms with Crippen LogP contribution in [-0.2, 0) is 24.8 Å². The van der Waals surface area contributed by atoms with Crippen LogP contribution in [-0.4, -0.2) is 50.3 Å². The SMILES string of the molecule is CC(C)(C)c1ccc(S(=O)(=O)CCC(=O)N2CCOCC2(C)C)cc1. The molecule has 0 N–H and O–H groups in total. The molecule has 1 aromatic rings. The van der Waals surface area contributed by atoms with Gasteiger partial charge >= 0.3 is 0 Å². The van der Waals surface area contributed by atoms with Gasteiger partial charge in [-0.05, 0) is 37.0 Å². The lowest BCUT2D eigenvalue weighted by Gasteiger charge is -2.42. The van der Waals surface area contributed by atoms with Gasteiger partial charge in [0, 0.05) is 13.0 Å². The zero-order chi connectivity index (χ0) is 18.9. The van der Waals surface area contributed by atoms with Gasteiger partial charge in [0.2, 0.25) is 5.91 Å². The molecule has 0 radical (unpaired) electrons. The van der Waals surface area contributed by atoms with E-state index in [4.69, 9.17) is 4.74 Å². The van der Waals surface area contributed by atoms with Gasteiger partial charge in [0.15, 0.2) is 9.84 Å². The summed E-state index contributed by atoms with van der Waals surface area (Å²) in [6, 6.07) is 6.97. The fourth-order valence-electron chi connectivity index (χ4n) is 2.96. The van der Waals surface area contributed by atoms with Crippen molar-refractivity contribution < 1.29 is 17.9 Å². The normalized spacial score (nSPS) is 18.2. The molecular formula is C19H29NO4S. The van der Waals surface area contributed by atoms with E-state index in [9.17, 15) is 13.2 Å². The lowest BCUT2D eigenvalue weighted by Crippen LogP contribution is -2.55. The van der Waals surface area contributed by atoms with E-state index in [1.807, 2.05) is 26.0 Å². The quantitative estimate of drug-likeness (QED) is 0.821. The van der Waals surface area contributed by atoms with Crippen LogP contribution >= 0.6 is 0 Å². The Kier molecular flexibility index (Phi) is 5.64. The summed E-state index contributed by atoms with van der Waals surface area (Å²) in [6.45, 7) is 11.6. The molecule has 0 saturated carbocycles. The Labute approximate surface area is 151 Å². The highest BCUT2D eigenvalue weighted by Gasteiger charge is 2.34. The zero-order valence-electron chi connectivity index (χ0n) is 15.8. The molecule has 0 bridgehead atoms. The highest BCUT2D eigenvalue weighted by Crippen LogP contribution is 2.24. The number of sulfone groups is 1. The molecule has 0 aromatic heterocycles. The van der Waals surface area contributed by atoms with Gasteiger partial charge in [-0.1, -0.05) is 32.9 Å². The van der Waals surface area contributed by atoms with Crippen LogP contribution in [0.1, 0.15) is 46.6 Å². The molecule has 1 amide bonds. The second-order valence-electron chi connectivity index (χ2n) is 8.25. The lowest BCUT2D eigenvalue weighted by molar-refractivity contribution is -0.145. The maximum atomic E-state index is 12.5. The molecule has 5 nitrogen and oxygen atoms in total. The second kappa shape index (κ2) is 7.08. The van der Waals surface area contributed by atoms with Crippen molar-refractivity contribution in [1.82, 2.24) is 4.90 Å². The van der Waals surface area contributed by atoms with Crippen LogP contribution in [0.5, 0.6) is 0 Å². The summed E-state index contributed by atoms with van der Waals surface area (Å²) >= 11 is 0. The molecule has 1 aliphatic heterocycles. The van der Waals surface area contributed by atoms with Crippen LogP contribution in [0, 0.1) is 0 Å². The van der Waals surface area contributed by atoms with E-state index >= 15 is 0 Å². The van der Waals surface area contributed by atoms with Crippen LogP contribution in [0.2, 0.25) is 0 Å². The predicted octanol–water partition coefficient (Wildman–Crippen LogP) is 2.79. The van der Waals surface area contributed by atoms with Gasteiger partial charge in [0.25, 0.3) is 0 Å². The highest BCUT2D eigenvalue weighted by molar-refractivity contribution is 7.91. The van der Waals surface area contributed by atoms with E-state index in [1.54, 1.807) is 17.0 Å². The standard InChI is InChI=1S/C19H29NO4S/c1-18(2,3)15-6-8-16(9-7-15)25(22,23)13-10-17(21)20-11-12-24-14-19(20,4)5/h6-9H,10-14H2,1-5H3. The van der Waals surface area contributed by atoms with Crippen molar-refractivity contribution in [2.24, 2.45) is 0 Å². The molecule has 2 rings (SSSR count). The maximum absolute atomic E-state index is 12.5. The fourth-order valence-corrected chi connectivity index (χ4v) is 4.19. The first-order chi connectivity index (χ1) is 11.4. The number of ether oxygens (including phenoxy) is 1. The van der Waals surface area contributed by atoms with Crippen LogP contribution in [0.25, 0.3) is 0 Å². The van der Waals surface area contributed by atoms with Crippen LogP contribution in [0.3, 0.4) is 0 Å². The minimum Gasteiger partial charge on any atom is -0.377 e. The summed E-state index contributed by atoms with van der Waals surface area (Å²) in [5.74, 6) is -0.308. The largest absolute Gasteiger partial charge is 0.377 e. The summed E-state index contributed by atoms with van der Waals surface area (Å²) in [6.07, 6.45) is -0.00716. The highest BCUT2D eigenvalue weighted by atomic mass is 32.2. The molecule has 6 heteroatoms. The van der Waals surface area contributed by atoms with E-state index in [0.717, 1.165) is 5.56 Å². The first-order valence-electron chi connectivity index (χ1n) is 8.65. The van der Waals surface area contributed by atoms with Crippen molar-refractivity contribution in [1.29, 1.82) is 0 Å². The van der Waals surface area contributed by atoms with E-state index < -0.39 is 15.4 Å². The molecular weight excluding hydrogens is 338 g/mol. The van der Waals surface area contributed by atoms with Gasteiger partial charge < -0.3 is 9.64 Å². The summed E-state index contributed by atoms with van der Waals surface area (Å²) in [7, 11) is -3.47. The van der Waals surface area contributed by atoms with E-state index in [1.165, 1.54) is 0 Å². The molecule has 25 heavy (non-hydrogen) atoms. The summed E-state index contributed by atoms with van der Waals surface area (Å²) < 4.78 is 30.5. The molecule has 0 atom stereocenters. The minimum atomic E-state index is -3.47. The Morgan fingerprint density at radius 1 is 1.20 bits per heavy atom. The first kappa shape index (κ1) is 19.9. The van der Waals surface area contributed by atoms with Crippen molar-refractivity contribution >= 4 is 15.7 Å². The Balaban J connectivity index is 2.05. The van der Waals surface area contributed by atoms with Crippen LogP contribution in [0.4, 0.5) is 0 Å². The van der Waals surface area contributed by atoms with Gasteiger partial charge in [-0.3, -0.25) is 4.79 Å². The van der Waals surface area contributed by atoms with Crippen molar-refractivity contribution in [3.8, 4) is 0 Å². The Morgan fingerprint density at radius 3 is 2.32 bits per heavy atom. The zero-order valence-corrected chi connectivity index (χ0v) is 16.6. The molecule has 0 unspecified atom stereocenters. The van der Waals surface area contributed by atoms with E-state index in [2.05, 4.69) is 20.8 Å². The summed E-state index contributed by atoms with van der Waals surface area (Å²) in [5.41, 5.74) is 0.658. The fraction of sp³-hybridized carbons (Fsp3) is 0.632. The molecule has 0 aliphatic carbocycles. The minimum absolute atomic E-state index is 0.00716. The number of nitrogens with zero attached hydrogens (tertiary/aromatic N) is 1. The first-order valence-corrected chi connectivity index (χ1v) is 10.3. The maximum Gasteiger partial charge on any atom is 0.224 e. The Hall–Kier alpha value is -1.40. The van der Waals surface area contributed by atoms with Crippen LogP contribution < -0.4 is 0 Å². The molecule has 1 fully saturated rings. The number of hydrogen-bond acceptors (Lipinski definition) is 4. The molecule has 0 spiro atoms. The van der Waals surface area contributed by atoms with Gasteiger partial charge in [-0.25, -0.2) is 8.42 Å². The monoisotopic (exact) mass is 367 g/mol. The smallest absolute Gasteiger partial charge is 0.224 e. The van der Waals surface area contributed by atoms with Gasteiger partial charge in [-0.15, -0.1) is 0 Å². The summed E-state index contributed by atoms with van der Waals surface area (Å²) in [5, 5.41) is 0. The topological polar surface area (TPSA) is 63.7 Å². The Morgan fingerprint density at radius 2 is 1.80 bits per heavy atom. The number of benzene rings is 1. The molecule has 1 saturated heterocycles. The van der Waals surface area contributed by atoms with Gasteiger partial charge in [-0.2, -0.15) is 0 Å². The van der Waals surface area contributed by atoms with Crippen molar-refractivity contribution in [3.63, 3.8) is 0 Å². The van der Waals surface area contributed by atoms with Crippen LogP contribution in [0.15, 0.2) is 29.2 Å². The average Bonchev–Trinajstić information content (AvgIpc) is 2.51. The third-order valence-corrected chi connectivity index (χ3v) is 6.34. The second-order valence-corrected chi connectivity index (χ2v) is 10.4. The lowest BCUT2D eigenvalue weighted by atomic mass is 9.87. The molecule has 1 aliphatic rings. The predicted molar refractivity (Wildman–Crippen MR) is 98.4 cm³/mol. The number of morpholine rings is 1. The molecule has 1 heterocycles. The third kappa shape index (κ3) is 4.82. The van der Waals surface area contributed by atoms with E-state index in [0.29, 0.717) is 19.8 Å².